The lowest BCUT2D eigenvalue weighted by Gasteiger charge is -2.34. The van der Waals surface area contributed by atoms with Crippen molar-refractivity contribution >= 4 is 24.2 Å². The lowest BCUT2D eigenvalue weighted by Crippen LogP contribution is -2.54. The third-order valence-corrected chi connectivity index (χ3v) is 4.51. The molecule has 2 N–H and O–H groups in total. The first-order chi connectivity index (χ1) is 9.66. The predicted octanol–water partition coefficient (Wildman–Crippen LogP) is 1.32. The molecule has 1 aliphatic carbocycles. The van der Waals surface area contributed by atoms with Crippen molar-refractivity contribution in [1.29, 1.82) is 0 Å². The molecule has 2 fully saturated rings. The van der Waals surface area contributed by atoms with Crippen molar-refractivity contribution in [3.8, 4) is 0 Å². The van der Waals surface area contributed by atoms with E-state index in [1.807, 2.05) is 11.8 Å². The maximum atomic E-state index is 12.1. The zero-order valence-corrected chi connectivity index (χ0v) is 13.7. The smallest absolute Gasteiger partial charge is 0.242 e. The molecule has 0 spiro atoms. The lowest BCUT2D eigenvalue weighted by molar-refractivity contribution is -0.135. The summed E-state index contributed by atoms with van der Waals surface area (Å²) < 4.78 is 0. The molecule has 2 amide bonds. The number of carbonyl (C=O) groups is 2. The van der Waals surface area contributed by atoms with Crippen molar-refractivity contribution in [3.05, 3.63) is 0 Å². The number of rotatable bonds is 5. The van der Waals surface area contributed by atoms with Crippen molar-refractivity contribution < 1.29 is 9.59 Å². The van der Waals surface area contributed by atoms with E-state index in [4.69, 9.17) is 0 Å². The molecule has 1 saturated heterocycles. The van der Waals surface area contributed by atoms with E-state index in [2.05, 4.69) is 10.6 Å². The average Bonchev–Trinajstić information content (AvgIpc) is 2.96. The van der Waals surface area contributed by atoms with E-state index in [0.717, 1.165) is 32.0 Å². The molecule has 0 aromatic carbocycles. The first-order valence-corrected chi connectivity index (χ1v) is 7.93. The van der Waals surface area contributed by atoms with Crippen LogP contribution in [-0.4, -0.2) is 48.9 Å². The van der Waals surface area contributed by atoms with Gasteiger partial charge in [-0.1, -0.05) is 25.7 Å². The highest BCUT2D eigenvalue weighted by Crippen LogP contribution is 2.28. The molecule has 1 atom stereocenters. The van der Waals surface area contributed by atoms with Crippen LogP contribution in [-0.2, 0) is 9.59 Å². The van der Waals surface area contributed by atoms with Gasteiger partial charge in [0.25, 0.3) is 0 Å². The summed E-state index contributed by atoms with van der Waals surface area (Å²) in [5, 5.41) is 6.03. The minimum atomic E-state index is 0. The minimum absolute atomic E-state index is 0. The standard InChI is InChI=1S/C15H27N3O2.ClH/c1-12-10-16-8-9-18(12)15(20)11-17-14(19)7-6-13-4-2-3-5-13;/h12-13,16H,2-11H2,1H3,(H,17,19);1H/t12-;/m0./s1. The first kappa shape index (κ1) is 18.2. The van der Waals surface area contributed by atoms with Gasteiger partial charge in [0.05, 0.1) is 6.54 Å². The molecule has 1 saturated carbocycles. The zero-order chi connectivity index (χ0) is 14.4. The molecule has 0 bridgehead atoms. The molecule has 0 aromatic heterocycles. The number of amides is 2. The summed E-state index contributed by atoms with van der Waals surface area (Å²) in [6.07, 6.45) is 6.70. The van der Waals surface area contributed by atoms with Crippen LogP contribution in [0, 0.1) is 5.92 Å². The Hall–Kier alpha value is -0.810. The van der Waals surface area contributed by atoms with E-state index in [9.17, 15) is 9.59 Å². The van der Waals surface area contributed by atoms with Crippen LogP contribution in [0.4, 0.5) is 0 Å². The zero-order valence-electron chi connectivity index (χ0n) is 12.9. The quantitative estimate of drug-likeness (QED) is 0.804. The summed E-state index contributed by atoms with van der Waals surface area (Å²) in [4.78, 5) is 25.7. The number of halogens is 1. The first-order valence-electron chi connectivity index (χ1n) is 7.93. The molecular formula is C15H28ClN3O2. The molecule has 1 heterocycles. The summed E-state index contributed by atoms with van der Waals surface area (Å²) in [5.41, 5.74) is 0. The van der Waals surface area contributed by atoms with Gasteiger partial charge in [0.1, 0.15) is 0 Å². The van der Waals surface area contributed by atoms with Gasteiger partial charge in [0.15, 0.2) is 0 Å². The Kier molecular flexibility index (Phi) is 8.04. The third kappa shape index (κ3) is 5.83. The fourth-order valence-corrected chi connectivity index (χ4v) is 3.21. The Morgan fingerprint density at radius 1 is 1.29 bits per heavy atom. The Balaban J connectivity index is 0.00000220. The molecule has 0 aromatic rings. The Morgan fingerprint density at radius 2 is 2.00 bits per heavy atom. The SMILES string of the molecule is C[C@H]1CNCCN1C(=O)CNC(=O)CCC1CCCC1.Cl. The molecule has 0 radical (unpaired) electrons. The average molecular weight is 318 g/mol. The highest BCUT2D eigenvalue weighted by atomic mass is 35.5. The summed E-state index contributed by atoms with van der Waals surface area (Å²) in [6.45, 7) is 4.59. The van der Waals surface area contributed by atoms with E-state index in [-0.39, 0.29) is 36.8 Å². The van der Waals surface area contributed by atoms with Crippen LogP contribution in [0.2, 0.25) is 0 Å². The van der Waals surface area contributed by atoms with E-state index >= 15 is 0 Å². The van der Waals surface area contributed by atoms with Gasteiger partial charge in [-0.15, -0.1) is 12.4 Å². The highest BCUT2D eigenvalue weighted by Gasteiger charge is 2.23. The van der Waals surface area contributed by atoms with Crippen LogP contribution in [0.1, 0.15) is 45.4 Å². The van der Waals surface area contributed by atoms with Crippen LogP contribution in [0.25, 0.3) is 0 Å². The molecule has 2 aliphatic rings. The van der Waals surface area contributed by atoms with Gasteiger partial charge in [0.2, 0.25) is 11.8 Å². The van der Waals surface area contributed by atoms with Crippen LogP contribution >= 0.6 is 12.4 Å². The largest absolute Gasteiger partial charge is 0.347 e. The van der Waals surface area contributed by atoms with Crippen molar-refractivity contribution in [3.63, 3.8) is 0 Å². The second-order valence-electron chi connectivity index (χ2n) is 6.11. The summed E-state index contributed by atoms with van der Waals surface area (Å²) in [6, 6.07) is 0.214. The summed E-state index contributed by atoms with van der Waals surface area (Å²) in [7, 11) is 0. The number of nitrogens with zero attached hydrogens (tertiary/aromatic N) is 1. The lowest BCUT2D eigenvalue weighted by atomic mass is 10.0. The second-order valence-corrected chi connectivity index (χ2v) is 6.11. The van der Waals surface area contributed by atoms with Gasteiger partial charge in [-0.25, -0.2) is 0 Å². The topological polar surface area (TPSA) is 61.4 Å². The van der Waals surface area contributed by atoms with E-state index in [1.54, 1.807) is 0 Å². The highest BCUT2D eigenvalue weighted by molar-refractivity contribution is 5.85. The number of nitrogens with one attached hydrogen (secondary N) is 2. The van der Waals surface area contributed by atoms with Gasteiger partial charge < -0.3 is 15.5 Å². The van der Waals surface area contributed by atoms with Crippen molar-refractivity contribution in [2.24, 2.45) is 5.92 Å². The van der Waals surface area contributed by atoms with E-state index in [1.165, 1.54) is 25.7 Å². The van der Waals surface area contributed by atoms with Crippen molar-refractivity contribution in [1.82, 2.24) is 15.5 Å². The summed E-state index contributed by atoms with van der Waals surface area (Å²) in [5.74, 6) is 0.783. The van der Waals surface area contributed by atoms with Gasteiger partial charge in [-0.2, -0.15) is 0 Å². The molecule has 6 heteroatoms. The molecule has 21 heavy (non-hydrogen) atoms. The third-order valence-electron chi connectivity index (χ3n) is 4.51. The summed E-state index contributed by atoms with van der Waals surface area (Å²) >= 11 is 0. The van der Waals surface area contributed by atoms with Gasteiger partial charge in [-0.05, 0) is 19.3 Å². The van der Waals surface area contributed by atoms with Crippen LogP contribution in [0.15, 0.2) is 0 Å². The van der Waals surface area contributed by atoms with Crippen molar-refractivity contribution in [2.75, 3.05) is 26.2 Å². The Labute approximate surface area is 133 Å². The maximum absolute atomic E-state index is 12.1. The van der Waals surface area contributed by atoms with Gasteiger partial charge in [0, 0.05) is 32.1 Å². The van der Waals surface area contributed by atoms with E-state index < -0.39 is 0 Å². The normalized spacial score (nSPS) is 22.7. The maximum Gasteiger partial charge on any atom is 0.242 e. The molecule has 1 aliphatic heterocycles. The Morgan fingerprint density at radius 3 is 2.67 bits per heavy atom. The second kappa shape index (κ2) is 9.26. The van der Waals surface area contributed by atoms with Gasteiger partial charge >= 0.3 is 0 Å². The molecule has 2 rings (SSSR count). The van der Waals surface area contributed by atoms with Gasteiger partial charge in [-0.3, -0.25) is 9.59 Å². The predicted molar refractivity (Wildman–Crippen MR) is 85.5 cm³/mol. The molecule has 0 unspecified atom stereocenters. The molecule has 122 valence electrons. The fraction of sp³-hybridized carbons (Fsp3) is 0.867. The number of hydrogen-bond acceptors (Lipinski definition) is 3. The van der Waals surface area contributed by atoms with Crippen LogP contribution in [0.5, 0.6) is 0 Å². The van der Waals surface area contributed by atoms with Crippen molar-refractivity contribution in [2.45, 2.75) is 51.5 Å². The van der Waals surface area contributed by atoms with Crippen LogP contribution < -0.4 is 10.6 Å². The number of piperazine rings is 1. The Bertz CT molecular complexity index is 346. The van der Waals surface area contributed by atoms with E-state index in [0.29, 0.717) is 6.42 Å². The minimum Gasteiger partial charge on any atom is -0.347 e. The fourth-order valence-electron chi connectivity index (χ4n) is 3.21. The molecule has 5 nitrogen and oxygen atoms in total. The number of carbonyl (C=O) groups excluding carboxylic acids is 2. The molecular weight excluding hydrogens is 290 g/mol. The monoisotopic (exact) mass is 317 g/mol. The number of hydrogen-bond donors (Lipinski definition) is 2. The van der Waals surface area contributed by atoms with Crippen LogP contribution in [0.3, 0.4) is 0 Å².